The summed E-state index contributed by atoms with van der Waals surface area (Å²) in [6, 6.07) is 6.84. The number of benzene rings is 1. The van der Waals surface area contributed by atoms with E-state index in [1.54, 1.807) is 0 Å². The topological polar surface area (TPSA) is 12.1 Å². The van der Waals surface area contributed by atoms with Gasteiger partial charge in [-0.1, -0.05) is 6.07 Å². The lowest BCUT2D eigenvalue weighted by Crippen LogP contribution is -2.31. The Bertz CT molecular complexity index is 844. The quantitative estimate of drug-likeness (QED) is 0.784. The molecule has 0 unspecified atom stereocenters. The van der Waals surface area contributed by atoms with Crippen LogP contribution in [0, 0.1) is 6.92 Å². The highest BCUT2D eigenvalue weighted by Crippen LogP contribution is 2.31. The molecule has 0 saturated carbocycles. The smallest absolute Gasteiger partial charge is 0.285 e. The lowest BCUT2D eigenvalue weighted by molar-refractivity contribution is -0.664. The Morgan fingerprint density at radius 1 is 1.21 bits per heavy atom. The Morgan fingerprint density at radius 3 is 2.88 bits per heavy atom. The molecule has 3 nitrogen and oxygen atoms in total. The summed E-state index contributed by atoms with van der Waals surface area (Å²) in [5.41, 5.74) is 5.56. The van der Waals surface area contributed by atoms with Crippen molar-refractivity contribution < 1.29 is 4.57 Å². The van der Waals surface area contributed by atoms with E-state index in [2.05, 4.69) is 65.2 Å². The number of aryl methyl sites for hydroxylation is 3. The Balaban J connectivity index is 1.80. The van der Waals surface area contributed by atoms with Gasteiger partial charge in [-0.15, -0.1) is 11.8 Å². The van der Waals surface area contributed by atoms with Crippen molar-refractivity contribution >= 4 is 28.4 Å². The van der Waals surface area contributed by atoms with Crippen molar-refractivity contribution in [2.75, 3.05) is 18.8 Å². The highest BCUT2D eigenvalue weighted by molar-refractivity contribution is 8.03. The Hall–Kier alpha value is -1.68. The molecule has 0 atom stereocenters. The van der Waals surface area contributed by atoms with Crippen molar-refractivity contribution in [3.63, 3.8) is 0 Å². The summed E-state index contributed by atoms with van der Waals surface area (Å²) >= 11 is 1.99. The van der Waals surface area contributed by atoms with Crippen molar-refractivity contribution in [2.45, 2.75) is 40.3 Å². The number of hydrogen-bond acceptors (Lipinski definition) is 2. The van der Waals surface area contributed by atoms with E-state index in [9.17, 15) is 0 Å². The molecule has 2 aromatic rings. The predicted octanol–water partition coefficient (Wildman–Crippen LogP) is 3.95. The van der Waals surface area contributed by atoms with Gasteiger partial charge in [0.15, 0.2) is 11.0 Å². The molecule has 3 heterocycles. The average molecular weight is 341 g/mol. The summed E-state index contributed by atoms with van der Waals surface area (Å²) in [6.07, 6.45) is 5.85. The third-order valence-corrected chi connectivity index (χ3v) is 6.24. The molecule has 4 heteroatoms. The number of nitrogens with zero attached hydrogens (tertiary/aromatic N) is 3. The Morgan fingerprint density at radius 2 is 2.08 bits per heavy atom. The van der Waals surface area contributed by atoms with Crippen LogP contribution in [0.25, 0.3) is 16.6 Å². The molecular formula is C20H26N3S+. The van der Waals surface area contributed by atoms with Crippen LogP contribution < -0.4 is 4.57 Å². The van der Waals surface area contributed by atoms with Gasteiger partial charge >= 0.3 is 0 Å². The van der Waals surface area contributed by atoms with Gasteiger partial charge in [-0.05, 0) is 50.6 Å². The van der Waals surface area contributed by atoms with E-state index >= 15 is 0 Å². The van der Waals surface area contributed by atoms with Crippen LogP contribution in [0.4, 0.5) is 0 Å². The molecule has 1 aromatic heterocycles. The number of hydrogen-bond donors (Lipinski definition) is 0. The van der Waals surface area contributed by atoms with Gasteiger partial charge < -0.3 is 4.90 Å². The first-order valence-corrected chi connectivity index (χ1v) is 10.0. The van der Waals surface area contributed by atoms with Crippen LogP contribution in [0.5, 0.6) is 0 Å². The fraction of sp³-hybridized carbons (Fsp3) is 0.450. The maximum Gasteiger partial charge on any atom is 0.285 e. The monoisotopic (exact) mass is 340 g/mol. The molecule has 24 heavy (non-hydrogen) atoms. The molecule has 0 radical (unpaired) electrons. The maximum atomic E-state index is 2.50. The van der Waals surface area contributed by atoms with E-state index in [4.69, 9.17) is 0 Å². The van der Waals surface area contributed by atoms with Gasteiger partial charge in [0.1, 0.15) is 0 Å². The molecule has 0 aliphatic carbocycles. The molecule has 0 amide bonds. The predicted molar refractivity (Wildman–Crippen MR) is 103 cm³/mol. The molecule has 2 aliphatic rings. The van der Waals surface area contributed by atoms with Gasteiger partial charge in [0.05, 0.1) is 18.1 Å². The summed E-state index contributed by atoms with van der Waals surface area (Å²) in [6.45, 7) is 11.1. The minimum Gasteiger partial charge on any atom is -0.366 e. The lowest BCUT2D eigenvalue weighted by atomic mass is 10.2. The molecule has 2 aliphatic heterocycles. The number of imidazole rings is 1. The van der Waals surface area contributed by atoms with Crippen LogP contribution in [0.3, 0.4) is 0 Å². The van der Waals surface area contributed by atoms with E-state index < -0.39 is 0 Å². The van der Waals surface area contributed by atoms with Gasteiger partial charge in [0.2, 0.25) is 0 Å². The number of aromatic nitrogens is 2. The first kappa shape index (κ1) is 15.8. The molecule has 4 rings (SSSR count). The molecule has 1 aromatic carbocycles. The van der Waals surface area contributed by atoms with Crippen LogP contribution >= 0.6 is 11.8 Å². The van der Waals surface area contributed by atoms with Crippen molar-refractivity contribution in [3.05, 3.63) is 46.8 Å². The molecule has 1 fully saturated rings. The van der Waals surface area contributed by atoms with E-state index in [1.165, 1.54) is 45.3 Å². The summed E-state index contributed by atoms with van der Waals surface area (Å²) in [4.78, 5) is 2.48. The second-order valence-electron chi connectivity index (χ2n) is 6.59. The number of allylic oxidation sites excluding steroid dienone is 3. The fourth-order valence-corrected chi connectivity index (χ4v) is 5.04. The summed E-state index contributed by atoms with van der Waals surface area (Å²) in [7, 11) is 0. The summed E-state index contributed by atoms with van der Waals surface area (Å²) < 4.78 is 4.99. The third kappa shape index (κ3) is 2.48. The van der Waals surface area contributed by atoms with E-state index in [0.29, 0.717) is 0 Å². The first-order valence-electron chi connectivity index (χ1n) is 9.04. The Labute approximate surface area is 148 Å². The molecular weight excluding hydrogens is 314 g/mol. The fourth-order valence-electron chi connectivity index (χ4n) is 3.95. The van der Waals surface area contributed by atoms with Crippen LogP contribution in [-0.2, 0) is 13.1 Å². The van der Waals surface area contributed by atoms with E-state index in [-0.39, 0.29) is 0 Å². The van der Waals surface area contributed by atoms with Gasteiger partial charge in [-0.3, -0.25) is 0 Å². The van der Waals surface area contributed by atoms with E-state index in [1.807, 2.05) is 11.8 Å². The van der Waals surface area contributed by atoms with E-state index in [0.717, 1.165) is 26.1 Å². The molecule has 0 N–H and O–H groups in total. The summed E-state index contributed by atoms with van der Waals surface area (Å²) in [5, 5.41) is 1.43. The second kappa shape index (κ2) is 6.32. The number of thioether (sulfide) groups is 1. The number of fused-ring (bicyclic) bond motifs is 3. The molecule has 0 bridgehead atoms. The van der Waals surface area contributed by atoms with Gasteiger partial charge in [0.25, 0.3) is 5.82 Å². The largest absolute Gasteiger partial charge is 0.366 e. The standard InChI is InChI=1S/C20H26N3S/c1-4-21-12-13-24-19(21)9-7-16-10-11-23-17-8-6-15(3)14-18(17)22(5-2)20(16)23/h6-9,14H,4-5,10-13H2,1-3H3/q+1. The Kier molecular flexibility index (Phi) is 4.17. The van der Waals surface area contributed by atoms with Crippen molar-refractivity contribution in [1.82, 2.24) is 9.47 Å². The van der Waals surface area contributed by atoms with Crippen LogP contribution in [0.15, 0.2) is 35.4 Å². The van der Waals surface area contributed by atoms with Gasteiger partial charge in [-0.25, -0.2) is 9.13 Å². The van der Waals surface area contributed by atoms with Crippen molar-refractivity contribution in [2.24, 2.45) is 0 Å². The molecule has 126 valence electrons. The zero-order valence-electron chi connectivity index (χ0n) is 14.9. The average Bonchev–Trinajstić information content (AvgIpc) is 3.26. The van der Waals surface area contributed by atoms with Crippen molar-refractivity contribution in [1.29, 1.82) is 0 Å². The third-order valence-electron chi connectivity index (χ3n) is 5.16. The van der Waals surface area contributed by atoms with Crippen LogP contribution in [-0.4, -0.2) is 28.3 Å². The minimum atomic E-state index is 1.02. The van der Waals surface area contributed by atoms with Crippen LogP contribution in [0.1, 0.15) is 31.7 Å². The van der Waals surface area contributed by atoms with Crippen LogP contribution in [0.2, 0.25) is 0 Å². The first-order chi connectivity index (χ1) is 11.7. The molecule has 0 spiro atoms. The zero-order valence-corrected chi connectivity index (χ0v) is 15.7. The maximum absolute atomic E-state index is 2.50. The van der Waals surface area contributed by atoms with Gasteiger partial charge in [-0.2, -0.15) is 0 Å². The second-order valence-corrected chi connectivity index (χ2v) is 7.70. The zero-order chi connectivity index (χ0) is 16.7. The summed E-state index contributed by atoms with van der Waals surface area (Å²) in [5.74, 6) is 2.62. The highest BCUT2D eigenvalue weighted by atomic mass is 32.2. The normalized spacial score (nSPS) is 20.7. The SMILES string of the molecule is CCN1CCSC1=CC=C1CC[n+]2c1n(CC)c1cc(C)ccc12. The number of rotatable bonds is 3. The highest BCUT2D eigenvalue weighted by Gasteiger charge is 2.32. The minimum absolute atomic E-state index is 1.02. The molecule has 1 saturated heterocycles. The van der Waals surface area contributed by atoms with Gasteiger partial charge in [0, 0.05) is 30.8 Å². The lowest BCUT2D eigenvalue weighted by Gasteiger charge is -2.15. The van der Waals surface area contributed by atoms with Crippen molar-refractivity contribution in [3.8, 4) is 0 Å².